The molecule has 3 aromatic carbocycles. The number of aryl methyl sites for hydroxylation is 1. The fraction of sp³-hybridized carbons (Fsp3) is 0.425. The standard InChI is InChI=1S/C38H46N4O6.C2HF3O2/c1-23(2)35(41-38(46)47-22-32-30-13-7-5-11-28(30)29-12-6-8-14-31(29)32)37(45)42(24(3)36(40)44)33-15-9-4-10-25(33)16-21-34(43)48-27-19-17-26(39)18-20-27;3-2(4,5)1(6)7/h4-15,23-24,26-27,32,35H,16-22,39H2,1-3H3,(H2,40,44)(H,41,46);(H,6,7)/t24-,26?,27?,35-;/m0./s1. The Morgan fingerprint density at radius 2 is 1.40 bits per heavy atom. The molecule has 6 N–H and O–H groups in total. The molecule has 12 nitrogen and oxygen atoms in total. The van der Waals surface area contributed by atoms with Crippen LogP contribution < -0.4 is 21.7 Å². The quantitative estimate of drug-likeness (QED) is 0.164. The predicted molar refractivity (Wildman–Crippen MR) is 198 cm³/mol. The molecule has 296 valence electrons. The molecule has 0 saturated heterocycles. The summed E-state index contributed by atoms with van der Waals surface area (Å²) >= 11 is 0. The molecule has 0 bridgehead atoms. The molecule has 2 aliphatic carbocycles. The lowest BCUT2D eigenvalue weighted by atomic mass is 9.94. The third-order valence-corrected chi connectivity index (χ3v) is 9.70. The zero-order chi connectivity index (χ0) is 40.4. The number of hydrogen-bond acceptors (Lipinski definition) is 8. The Morgan fingerprint density at radius 1 is 0.873 bits per heavy atom. The number of esters is 1. The first kappa shape index (κ1) is 42.3. The van der Waals surface area contributed by atoms with Crippen LogP contribution in [-0.2, 0) is 35.1 Å². The SMILES string of the molecule is CC(C)[C@H](NC(=O)OCC1c2ccccc2-c2ccccc21)C(=O)N(c1ccccc1CCC(=O)OC1CCC(N)CC1)[C@@H](C)C(N)=O.O=C(O)C(F)(F)F. The maximum absolute atomic E-state index is 14.3. The highest BCUT2D eigenvalue weighted by molar-refractivity contribution is 6.04. The lowest BCUT2D eigenvalue weighted by molar-refractivity contribution is -0.192. The number of rotatable bonds is 12. The Bertz CT molecular complexity index is 1800. The normalized spacial score (nSPS) is 17.4. The van der Waals surface area contributed by atoms with Crippen LogP contribution >= 0.6 is 0 Å². The van der Waals surface area contributed by atoms with Crippen LogP contribution in [0.4, 0.5) is 23.7 Å². The average molecular weight is 769 g/mol. The maximum atomic E-state index is 14.3. The number of benzene rings is 3. The number of para-hydroxylation sites is 1. The van der Waals surface area contributed by atoms with E-state index in [1.165, 1.54) is 4.90 Å². The van der Waals surface area contributed by atoms with Crippen molar-refractivity contribution in [3.8, 4) is 11.1 Å². The molecule has 1 saturated carbocycles. The number of hydrogen-bond donors (Lipinski definition) is 4. The molecule has 2 atom stereocenters. The first-order chi connectivity index (χ1) is 26.0. The van der Waals surface area contributed by atoms with Crippen LogP contribution in [0, 0.1) is 5.92 Å². The number of anilines is 1. The third kappa shape index (κ3) is 11.1. The van der Waals surface area contributed by atoms with E-state index in [1.54, 1.807) is 45.0 Å². The number of alkyl halides is 3. The van der Waals surface area contributed by atoms with Gasteiger partial charge in [0.1, 0.15) is 24.8 Å². The van der Waals surface area contributed by atoms with Gasteiger partial charge in [-0.2, -0.15) is 13.2 Å². The van der Waals surface area contributed by atoms with E-state index in [0.717, 1.165) is 47.9 Å². The Morgan fingerprint density at radius 3 is 1.93 bits per heavy atom. The van der Waals surface area contributed by atoms with Crippen molar-refractivity contribution in [3.05, 3.63) is 89.5 Å². The molecule has 15 heteroatoms. The fourth-order valence-electron chi connectivity index (χ4n) is 6.72. The van der Waals surface area contributed by atoms with E-state index < -0.39 is 42.1 Å². The number of carboxylic acid groups (broad SMARTS) is 1. The summed E-state index contributed by atoms with van der Waals surface area (Å²) in [6, 6.07) is 21.2. The number of aliphatic carboxylic acids is 1. The van der Waals surface area contributed by atoms with E-state index in [4.69, 9.17) is 30.8 Å². The van der Waals surface area contributed by atoms with Crippen molar-refractivity contribution in [1.82, 2.24) is 5.32 Å². The summed E-state index contributed by atoms with van der Waals surface area (Å²) in [6.45, 7) is 5.25. The van der Waals surface area contributed by atoms with Gasteiger partial charge in [0, 0.05) is 24.1 Å². The highest BCUT2D eigenvalue weighted by Gasteiger charge is 2.38. The van der Waals surface area contributed by atoms with Crippen molar-refractivity contribution in [2.45, 2.75) is 95.6 Å². The van der Waals surface area contributed by atoms with Gasteiger partial charge in [0.2, 0.25) is 5.91 Å². The van der Waals surface area contributed by atoms with Crippen molar-refractivity contribution in [1.29, 1.82) is 0 Å². The van der Waals surface area contributed by atoms with Crippen molar-refractivity contribution in [2.75, 3.05) is 11.5 Å². The van der Waals surface area contributed by atoms with Crippen molar-refractivity contribution < 1.29 is 51.7 Å². The third-order valence-electron chi connectivity index (χ3n) is 9.70. The molecule has 1 fully saturated rings. The molecular weight excluding hydrogens is 721 g/mol. The first-order valence-electron chi connectivity index (χ1n) is 18.1. The minimum absolute atomic E-state index is 0.0901. The Labute approximate surface area is 317 Å². The van der Waals surface area contributed by atoms with Crippen LogP contribution in [0.5, 0.6) is 0 Å². The number of alkyl carbamates (subject to hydrolysis) is 1. The van der Waals surface area contributed by atoms with Gasteiger partial charge in [-0.1, -0.05) is 80.6 Å². The van der Waals surface area contributed by atoms with Gasteiger partial charge in [-0.05, 0) is 78.8 Å². The number of nitrogens with two attached hydrogens (primary N) is 2. The van der Waals surface area contributed by atoms with Gasteiger partial charge in [0.25, 0.3) is 5.91 Å². The summed E-state index contributed by atoms with van der Waals surface area (Å²) in [6.07, 6.45) is -2.45. The van der Waals surface area contributed by atoms with Gasteiger partial charge in [0.05, 0.1) is 0 Å². The number of amides is 3. The summed E-state index contributed by atoms with van der Waals surface area (Å²) in [7, 11) is 0. The number of nitrogens with one attached hydrogen (secondary N) is 1. The lowest BCUT2D eigenvalue weighted by Crippen LogP contribution is -2.56. The van der Waals surface area contributed by atoms with E-state index in [2.05, 4.69) is 17.4 Å². The fourth-order valence-corrected chi connectivity index (χ4v) is 6.72. The topological polar surface area (TPSA) is 191 Å². The van der Waals surface area contributed by atoms with Crippen LogP contribution in [-0.4, -0.2) is 72.0 Å². The molecule has 0 aromatic heterocycles. The number of halogens is 3. The average Bonchev–Trinajstić information content (AvgIpc) is 3.46. The second-order valence-corrected chi connectivity index (χ2v) is 13.9. The van der Waals surface area contributed by atoms with E-state index in [1.807, 2.05) is 36.4 Å². The molecule has 5 rings (SSSR count). The van der Waals surface area contributed by atoms with Gasteiger partial charge in [-0.15, -0.1) is 0 Å². The van der Waals surface area contributed by atoms with Crippen LogP contribution in [0.25, 0.3) is 11.1 Å². The summed E-state index contributed by atoms with van der Waals surface area (Å²) in [4.78, 5) is 63.1. The van der Waals surface area contributed by atoms with Crippen LogP contribution in [0.2, 0.25) is 0 Å². The van der Waals surface area contributed by atoms with Gasteiger partial charge in [0.15, 0.2) is 0 Å². The zero-order valence-corrected chi connectivity index (χ0v) is 30.9. The van der Waals surface area contributed by atoms with Crippen molar-refractivity contribution >= 4 is 35.5 Å². The van der Waals surface area contributed by atoms with Gasteiger partial charge in [-0.3, -0.25) is 19.3 Å². The number of carboxylic acids is 1. The van der Waals surface area contributed by atoms with Crippen LogP contribution in [0.1, 0.15) is 75.5 Å². The molecule has 0 aliphatic heterocycles. The highest BCUT2D eigenvalue weighted by atomic mass is 19.4. The van der Waals surface area contributed by atoms with Gasteiger partial charge >= 0.3 is 24.2 Å². The van der Waals surface area contributed by atoms with E-state index >= 15 is 0 Å². The second-order valence-electron chi connectivity index (χ2n) is 13.9. The number of carbonyl (C=O) groups excluding carboxylic acids is 4. The number of fused-ring (bicyclic) bond motifs is 3. The summed E-state index contributed by atoms with van der Waals surface area (Å²) in [5.41, 5.74) is 17.2. The Hall–Kier alpha value is -5.44. The number of carbonyl (C=O) groups is 5. The summed E-state index contributed by atoms with van der Waals surface area (Å²) in [5.74, 6) is -4.81. The Kier molecular flexibility index (Phi) is 14.4. The molecule has 0 spiro atoms. The number of ether oxygens (including phenoxy) is 2. The Balaban J connectivity index is 0.000000876. The number of primary amides is 1. The van der Waals surface area contributed by atoms with Gasteiger partial charge in [-0.25, -0.2) is 9.59 Å². The largest absolute Gasteiger partial charge is 0.490 e. The molecule has 0 heterocycles. The summed E-state index contributed by atoms with van der Waals surface area (Å²) < 4.78 is 43.2. The predicted octanol–water partition coefficient (Wildman–Crippen LogP) is 5.84. The second kappa shape index (κ2) is 18.7. The molecule has 55 heavy (non-hydrogen) atoms. The molecular formula is C40H47F3N4O8. The van der Waals surface area contributed by atoms with Crippen molar-refractivity contribution in [2.24, 2.45) is 17.4 Å². The minimum Gasteiger partial charge on any atom is -0.475 e. The molecule has 0 unspecified atom stereocenters. The number of nitrogens with zero attached hydrogens (tertiary/aromatic N) is 1. The molecule has 2 aliphatic rings. The highest BCUT2D eigenvalue weighted by Crippen LogP contribution is 2.44. The van der Waals surface area contributed by atoms with E-state index in [0.29, 0.717) is 11.3 Å². The van der Waals surface area contributed by atoms with Crippen molar-refractivity contribution in [3.63, 3.8) is 0 Å². The van der Waals surface area contributed by atoms with E-state index in [9.17, 15) is 32.3 Å². The minimum atomic E-state index is -5.08. The summed E-state index contributed by atoms with van der Waals surface area (Å²) in [5, 5.41) is 9.89. The molecule has 3 aromatic rings. The zero-order valence-electron chi connectivity index (χ0n) is 30.9. The molecule has 3 amide bonds. The first-order valence-corrected chi connectivity index (χ1v) is 18.1. The molecule has 0 radical (unpaired) electrons. The van der Waals surface area contributed by atoms with Crippen LogP contribution in [0.15, 0.2) is 72.8 Å². The van der Waals surface area contributed by atoms with Crippen LogP contribution in [0.3, 0.4) is 0 Å². The monoisotopic (exact) mass is 768 g/mol. The maximum Gasteiger partial charge on any atom is 0.490 e. The van der Waals surface area contributed by atoms with E-state index in [-0.39, 0.29) is 49.4 Å². The smallest absolute Gasteiger partial charge is 0.475 e. The van der Waals surface area contributed by atoms with Gasteiger partial charge < -0.3 is 31.4 Å². The lowest BCUT2D eigenvalue weighted by Gasteiger charge is -2.34.